The molecule has 1 amide bonds. The summed E-state index contributed by atoms with van der Waals surface area (Å²) >= 11 is 1.51. The lowest BCUT2D eigenvalue weighted by Gasteiger charge is -2.22. The number of alkyl halides is 6. The number of pyridine rings is 1. The molecule has 1 saturated heterocycles. The maximum atomic E-state index is 12.7. The highest BCUT2D eigenvalue weighted by Crippen LogP contribution is 2.31. The van der Waals surface area contributed by atoms with Crippen LogP contribution < -0.4 is 10.5 Å². The summed E-state index contributed by atoms with van der Waals surface area (Å²) in [6.45, 7) is 0. The third kappa shape index (κ3) is 7.54. The van der Waals surface area contributed by atoms with Crippen LogP contribution >= 0.6 is 11.8 Å². The monoisotopic (exact) mass is 575 g/mol. The van der Waals surface area contributed by atoms with Crippen molar-refractivity contribution in [3.8, 4) is 17.7 Å². The van der Waals surface area contributed by atoms with Gasteiger partial charge in [-0.3, -0.25) is 4.79 Å². The molecular formula is C23H19F6N5O4S. The number of thioether (sulfide) groups is 1. The minimum Gasteiger partial charge on any atom is -0.475 e. The number of carbonyl (C=O) groups is 2. The van der Waals surface area contributed by atoms with Crippen molar-refractivity contribution in [2.75, 3.05) is 11.6 Å². The van der Waals surface area contributed by atoms with Crippen LogP contribution in [0, 0.1) is 11.3 Å². The van der Waals surface area contributed by atoms with Gasteiger partial charge in [-0.1, -0.05) is 0 Å². The zero-order valence-corrected chi connectivity index (χ0v) is 20.4. The molecule has 3 heterocycles. The first-order chi connectivity index (χ1) is 18.2. The summed E-state index contributed by atoms with van der Waals surface area (Å²) in [6, 6.07) is 8.01. The number of H-pyrrole nitrogens is 1. The summed E-state index contributed by atoms with van der Waals surface area (Å²) in [7, 11) is 0. The van der Waals surface area contributed by atoms with Gasteiger partial charge in [0.25, 0.3) is 0 Å². The molecule has 1 fully saturated rings. The number of fused-ring (bicyclic) bond motifs is 1. The number of rotatable bonds is 5. The topological polar surface area (TPSA) is 145 Å². The Morgan fingerprint density at radius 3 is 2.51 bits per heavy atom. The number of aromatic amines is 1. The van der Waals surface area contributed by atoms with Crippen molar-refractivity contribution in [1.29, 1.82) is 5.26 Å². The quantitative estimate of drug-likeness (QED) is 0.382. The highest BCUT2D eigenvalue weighted by atomic mass is 32.2. The first-order valence-corrected chi connectivity index (χ1v) is 12.0. The predicted molar refractivity (Wildman–Crippen MR) is 127 cm³/mol. The van der Waals surface area contributed by atoms with Crippen molar-refractivity contribution in [2.45, 2.75) is 30.9 Å². The largest absolute Gasteiger partial charge is 0.490 e. The molecule has 4 N–H and O–H groups in total. The van der Waals surface area contributed by atoms with E-state index in [4.69, 9.17) is 20.4 Å². The highest BCUT2D eigenvalue weighted by Gasteiger charge is 2.38. The number of carbonyl (C=O) groups excluding carboxylic acids is 1. The Labute approximate surface area is 220 Å². The second kappa shape index (κ2) is 11.8. The molecule has 3 aromatic rings. The van der Waals surface area contributed by atoms with Crippen LogP contribution in [0.25, 0.3) is 10.9 Å². The SMILES string of the molecule is N#C[C@H]1CSCN1C(=O)[C@@H](N)Cc1c[nH]c2ccc(Oc3ccc(C(F)(F)F)cn3)cc12.O=C(O)C(F)(F)F. The zero-order valence-electron chi connectivity index (χ0n) is 19.6. The molecule has 0 radical (unpaired) electrons. The molecule has 1 aliphatic heterocycles. The van der Waals surface area contributed by atoms with Crippen molar-refractivity contribution < 1.29 is 45.8 Å². The van der Waals surface area contributed by atoms with E-state index in [2.05, 4.69) is 16.0 Å². The highest BCUT2D eigenvalue weighted by molar-refractivity contribution is 7.99. The lowest BCUT2D eigenvalue weighted by atomic mass is 10.0. The fourth-order valence-electron chi connectivity index (χ4n) is 3.42. The van der Waals surface area contributed by atoms with Gasteiger partial charge in [0.05, 0.1) is 23.6 Å². The molecule has 1 aliphatic rings. The summed E-state index contributed by atoms with van der Waals surface area (Å²) in [4.78, 5) is 29.9. The minimum atomic E-state index is -5.08. The van der Waals surface area contributed by atoms with E-state index in [1.54, 1.807) is 24.4 Å². The number of nitriles is 1. The molecule has 2 aromatic heterocycles. The molecule has 0 saturated carbocycles. The van der Waals surface area contributed by atoms with Crippen molar-refractivity contribution in [1.82, 2.24) is 14.9 Å². The number of ether oxygens (including phenoxy) is 1. The number of nitrogens with zero attached hydrogens (tertiary/aromatic N) is 3. The first kappa shape index (κ1) is 29.6. The van der Waals surface area contributed by atoms with Crippen molar-refractivity contribution >= 4 is 34.5 Å². The van der Waals surface area contributed by atoms with Crippen LogP contribution in [0.3, 0.4) is 0 Å². The zero-order chi connectivity index (χ0) is 29.0. The van der Waals surface area contributed by atoms with Crippen LogP contribution in [0.2, 0.25) is 0 Å². The summed E-state index contributed by atoms with van der Waals surface area (Å²) in [5.74, 6) is -1.62. The van der Waals surface area contributed by atoms with Gasteiger partial charge in [-0.2, -0.15) is 31.6 Å². The molecule has 0 bridgehead atoms. The van der Waals surface area contributed by atoms with Gasteiger partial charge >= 0.3 is 18.3 Å². The van der Waals surface area contributed by atoms with E-state index in [0.29, 0.717) is 23.6 Å². The lowest BCUT2D eigenvalue weighted by molar-refractivity contribution is -0.192. The molecule has 2 atom stereocenters. The van der Waals surface area contributed by atoms with Gasteiger partial charge in [-0.05, 0) is 36.2 Å². The maximum Gasteiger partial charge on any atom is 0.490 e. The number of carboxylic acid groups (broad SMARTS) is 1. The van der Waals surface area contributed by atoms with Crippen molar-refractivity contribution in [3.05, 3.63) is 53.9 Å². The number of nitrogens with one attached hydrogen (secondary N) is 1. The van der Waals surface area contributed by atoms with Crippen molar-refractivity contribution in [2.24, 2.45) is 5.73 Å². The Kier molecular flexibility index (Phi) is 8.97. The third-order valence-corrected chi connectivity index (χ3v) is 6.35. The number of hydrogen-bond donors (Lipinski definition) is 3. The summed E-state index contributed by atoms with van der Waals surface area (Å²) in [5, 5.41) is 17.1. The van der Waals surface area contributed by atoms with E-state index >= 15 is 0 Å². The Bertz CT molecular complexity index is 1370. The molecule has 9 nitrogen and oxygen atoms in total. The normalized spacial score (nSPS) is 16.3. The van der Waals surface area contributed by atoms with E-state index in [-0.39, 0.29) is 18.2 Å². The number of amides is 1. The average molecular weight is 575 g/mol. The second-order valence-electron chi connectivity index (χ2n) is 8.07. The maximum absolute atomic E-state index is 12.7. The number of halogens is 6. The molecular weight excluding hydrogens is 556 g/mol. The van der Waals surface area contributed by atoms with Gasteiger partial charge in [0.2, 0.25) is 11.8 Å². The number of aliphatic carboxylic acids is 1. The number of benzene rings is 1. The van der Waals surface area contributed by atoms with Gasteiger partial charge in [-0.15, -0.1) is 11.8 Å². The Morgan fingerprint density at radius 1 is 1.26 bits per heavy atom. The van der Waals surface area contributed by atoms with Gasteiger partial charge in [0.15, 0.2) is 0 Å². The fourth-order valence-corrected chi connectivity index (χ4v) is 4.51. The van der Waals surface area contributed by atoms with Gasteiger partial charge < -0.3 is 25.5 Å². The van der Waals surface area contributed by atoms with Gasteiger partial charge in [0, 0.05) is 35.1 Å². The standard InChI is InChI=1S/C21H18F3N5O2S.C2HF3O2/c22-21(23,24)13-1-4-19(28-9-13)31-15-2-3-18-16(6-15)12(8-27-18)5-17(26)20(30)29-11-32-10-14(29)7-25;3-2(4,5)1(6)7/h1-4,6,8-9,14,17,27H,5,10-11,26H2;(H,6,7)/t14-,17-;/m0./s1. The summed E-state index contributed by atoms with van der Waals surface area (Å²) in [6.07, 6.45) is -6.84. The fraction of sp³-hybridized carbons (Fsp3) is 0.304. The average Bonchev–Trinajstić information content (AvgIpc) is 3.50. The number of hydrogen-bond acceptors (Lipinski definition) is 7. The Hall–Kier alpha value is -3.97. The molecule has 0 spiro atoms. The Morgan fingerprint density at radius 2 is 1.95 bits per heavy atom. The van der Waals surface area contributed by atoms with E-state index in [1.165, 1.54) is 16.7 Å². The lowest BCUT2D eigenvalue weighted by Crippen LogP contribution is -2.47. The van der Waals surface area contributed by atoms with E-state index < -0.39 is 36.0 Å². The number of carboxylic acids is 1. The van der Waals surface area contributed by atoms with E-state index in [9.17, 15) is 36.4 Å². The smallest absolute Gasteiger partial charge is 0.475 e. The summed E-state index contributed by atoms with van der Waals surface area (Å²) < 4.78 is 75.4. The van der Waals surface area contributed by atoms with Crippen LogP contribution in [0.15, 0.2) is 42.7 Å². The molecule has 1 aromatic carbocycles. The Balaban J connectivity index is 0.000000532. The third-order valence-electron chi connectivity index (χ3n) is 5.34. The molecule has 16 heteroatoms. The van der Waals surface area contributed by atoms with E-state index in [0.717, 1.165) is 28.6 Å². The van der Waals surface area contributed by atoms with Crippen LogP contribution in [0.4, 0.5) is 26.3 Å². The van der Waals surface area contributed by atoms with Crippen molar-refractivity contribution in [3.63, 3.8) is 0 Å². The summed E-state index contributed by atoms with van der Waals surface area (Å²) in [5.41, 5.74) is 6.87. The number of nitrogens with two attached hydrogens (primary N) is 1. The minimum absolute atomic E-state index is 0.0235. The molecule has 0 unspecified atom stereocenters. The van der Waals surface area contributed by atoms with Crippen LogP contribution in [0.5, 0.6) is 11.6 Å². The second-order valence-corrected chi connectivity index (χ2v) is 9.07. The van der Waals surface area contributed by atoms with E-state index in [1.807, 2.05) is 0 Å². The first-order valence-electron chi connectivity index (χ1n) is 10.9. The van der Waals surface area contributed by atoms with Gasteiger partial charge in [-0.25, -0.2) is 9.78 Å². The predicted octanol–water partition coefficient (Wildman–Crippen LogP) is 4.30. The molecule has 208 valence electrons. The molecule has 4 rings (SSSR count). The van der Waals surface area contributed by atoms with Crippen LogP contribution in [-0.4, -0.2) is 61.7 Å². The van der Waals surface area contributed by atoms with Crippen LogP contribution in [0.1, 0.15) is 11.1 Å². The van der Waals surface area contributed by atoms with Gasteiger partial charge in [0.1, 0.15) is 11.8 Å². The van der Waals surface area contributed by atoms with Crippen LogP contribution in [-0.2, 0) is 22.2 Å². The molecule has 0 aliphatic carbocycles. The number of aromatic nitrogens is 2. The molecule has 39 heavy (non-hydrogen) atoms.